The number of rotatable bonds is 1. The van der Waals surface area contributed by atoms with Crippen LogP contribution in [0, 0.1) is 6.92 Å². The Labute approximate surface area is 145 Å². The van der Waals surface area contributed by atoms with Crippen molar-refractivity contribution in [2.45, 2.75) is 57.2 Å². The molecule has 0 aliphatic carbocycles. The van der Waals surface area contributed by atoms with Crippen molar-refractivity contribution in [3.05, 3.63) is 38.4 Å². The lowest BCUT2D eigenvalue weighted by Gasteiger charge is -2.37. The minimum Gasteiger partial charge on any atom is -0.369 e. The molecule has 2 aromatic heterocycles. The molecule has 1 spiro atoms. The van der Waals surface area contributed by atoms with E-state index in [-0.39, 0.29) is 11.6 Å². The number of hydrogen-bond donors (Lipinski definition) is 1. The van der Waals surface area contributed by atoms with Gasteiger partial charge in [0.2, 0.25) is 0 Å². The van der Waals surface area contributed by atoms with Crippen molar-refractivity contribution < 1.29 is 9.26 Å². The Morgan fingerprint density at radius 3 is 3.09 bits per heavy atom. The first-order valence-electron chi connectivity index (χ1n) is 8.18. The molecule has 2 aliphatic heterocycles. The normalized spacial score (nSPS) is 31.1. The molecular weight excluding hydrogens is 332 g/mol. The highest BCUT2D eigenvalue weighted by Crippen LogP contribution is 2.48. The van der Waals surface area contributed by atoms with E-state index in [0.29, 0.717) is 6.04 Å². The quantitative estimate of drug-likeness (QED) is 0.827. The molecule has 23 heavy (non-hydrogen) atoms. The summed E-state index contributed by atoms with van der Waals surface area (Å²) in [6, 6.07) is 4.70. The van der Waals surface area contributed by atoms with Crippen molar-refractivity contribution in [1.82, 2.24) is 10.5 Å². The number of aromatic nitrogens is 1. The van der Waals surface area contributed by atoms with E-state index in [1.807, 2.05) is 13.0 Å². The van der Waals surface area contributed by atoms with Crippen molar-refractivity contribution in [3.63, 3.8) is 0 Å². The Bertz CT molecular complexity index is 713. The summed E-state index contributed by atoms with van der Waals surface area (Å²) in [5.74, 6) is 0.856. The van der Waals surface area contributed by atoms with Crippen LogP contribution >= 0.6 is 22.9 Å². The first-order chi connectivity index (χ1) is 11.1. The maximum atomic E-state index is 6.35. The van der Waals surface area contributed by atoms with Crippen LogP contribution in [0.4, 0.5) is 0 Å². The standard InChI is InChI=1S/C17H21ClN2O2S/c1-10-9-17(16-12(4-6-21-17)8-15(18)23-16)5-3-13(19-10)14-7-11(2)22-20-14/h7-8,10,13,19H,3-6,9H2,1-2H3/t10-,13-,17+/m0/s1. The summed E-state index contributed by atoms with van der Waals surface area (Å²) in [7, 11) is 0. The molecule has 0 saturated carbocycles. The van der Waals surface area contributed by atoms with Crippen LogP contribution in [0.25, 0.3) is 0 Å². The maximum absolute atomic E-state index is 6.35. The summed E-state index contributed by atoms with van der Waals surface area (Å²) >= 11 is 7.97. The zero-order valence-corrected chi connectivity index (χ0v) is 15.0. The molecule has 2 aliphatic rings. The Morgan fingerprint density at radius 1 is 1.43 bits per heavy atom. The number of nitrogens with zero attached hydrogens (tertiary/aromatic N) is 1. The largest absolute Gasteiger partial charge is 0.369 e. The summed E-state index contributed by atoms with van der Waals surface area (Å²) in [5, 5.41) is 7.89. The van der Waals surface area contributed by atoms with Crippen molar-refractivity contribution in [3.8, 4) is 0 Å². The lowest BCUT2D eigenvalue weighted by molar-refractivity contribution is -0.0704. The van der Waals surface area contributed by atoms with E-state index in [9.17, 15) is 0 Å². The average molecular weight is 353 g/mol. The first-order valence-corrected chi connectivity index (χ1v) is 9.37. The van der Waals surface area contributed by atoms with Gasteiger partial charge in [0, 0.05) is 17.0 Å². The van der Waals surface area contributed by atoms with Crippen molar-refractivity contribution in [1.29, 1.82) is 0 Å². The summed E-state index contributed by atoms with van der Waals surface area (Å²) in [5.41, 5.74) is 2.16. The van der Waals surface area contributed by atoms with Gasteiger partial charge in [-0.15, -0.1) is 11.3 Å². The summed E-state index contributed by atoms with van der Waals surface area (Å²) < 4.78 is 12.5. The van der Waals surface area contributed by atoms with Gasteiger partial charge in [-0.3, -0.25) is 0 Å². The van der Waals surface area contributed by atoms with Crippen molar-refractivity contribution in [2.24, 2.45) is 0 Å². The third-order valence-corrected chi connectivity index (χ3v) is 6.40. The molecule has 4 nitrogen and oxygen atoms in total. The molecule has 1 saturated heterocycles. The fourth-order valence-corrected chi connectivity index (χ4v) is 5.45. The van der Waals surface area contributed by atoms with Gasteiger partial charge >= 0.3 is 0 Å². The number of hydrogen-bond acceptors (Lipinski definition) is 5. The van der Waals surface area contributed by atoms with Crippen LogP contribution in [0.15, 0.2) is 16.7 Å². The molecule has 0 radical (unpaired) electrons. The molecule has 1 fully saturated rings. The van der Waals surface area contributed by atoms with Gasteiger partial charge in [-0.1, -0.05) is 16.8 Å². The fourth-order valence-electron chi connectivity index (χ4n) is 3.97. The van der Waals surface area contributed by atoms with Gasteiger partial charge < -0.3 is 14.6 Å². The molecule has 2 aromatic rings. The average Bonchev–Trinajstić information content (AvgIpc) is 3.05. The molecule has 4 rings (SSSR count). The molecule has 0 amide bonds. The smallest absolute Gasteiger partial charge is 0.133 e. The van der Waals surface area contributed by atoms with Gasteiger partial charge in [0.1, 0.15) is 17.1 Å². The van der Waals surface area contributed by atoms with Gasteiger partial charge in [-0.05, 0) is 51.2 Å². The minimum absolute atomic E-state index is 0.203. The first kappa shape index (κ1) is 15.6. The topological polar surface area (TPSA) is 47.3 Å². The lowest BCUT2D eigenvalue weighted by Crippen LogP contribution is -2.38. The molecule has 6 heteroatoms. The van der Waals surface area contributed by atoms with E-state index in [1.54, 1.807) is 11.3 Å². The van der Waals surface area contributed by atoms with Crippen LogP contribution < -0.4 is 5.32 Å². The molecule has 0 aromatic carbocycles. The van der Waals surface area contributed by atoms with E-state index >= 15 is 0 Å². The second kappa shape index (κ2) is 5.88. The van der Waals surface area contributed by atoms with Crippen molar-refractivity contribution in [2.75, 3.05) is 6.61 Å². The second-order valence-electron chi connectivity index (χ2n) is 6.72. The summed E-state index contributed by atoms with van der Waals surface area (Å²) in [6.07, 6.45) is 3.88. The number of halogens is 1. The third kappa shape index (κ3) is 2.84. The predicted molar refractivity (Wildman–Crippen MR) is 91.1 cm³/mol. The van der Waals surface area contributed by atoms with Gasteiger partial charge in [0.15, 0.2) is 0 Å². The van der Waals surface area contributed by atoms with Gasteiger partial charge in [0.05, 0.1) is 17.0 Å². The Kier molecular flexibility index (Phi) is 4.00. The van der Waals surface area contributed by atoms with Gasteiger partial charge in [0.25, 0.3) is 0 Å². The molecule has 124 valence electrons. The number of fused-ring (bicyclic) bond motifs is 2. The number of nitrogens with one attached hydrogen (secondary N) is 1. The van der Waals surface area contributed by atoms with E-state index in [4.69, 9.17) is 20.9 Å². The SMILES string of the molecule is Cc1cc([C@@H]2CC[C@]3(C[C@H](C)N2)OCCc2cc(Cl)sc23)no1. The van der Waals surface area contributed by atoms with Gasteiger partial charge in [-0.2, -0.15) is 0 Å². The Morgan fingerprint density at radius 2 is 2.30 bits per heavy atom. The maximum Gasteiger partial charge on any atom is 0.133 e. The van der Waals surface area contributed by atoms with Crippen LogP contribution in [-0.4, -0.2) is 17.8 Å². The zero-order chi connectivity index (χ0) is 16.0. The minimum atomic E-state index is -0.203. The van der Waals surface area contributed by atoms with E-state index in [1.165, 1.54) is 10.4 Å². The lowest BCUT2D eigenvalue weighted by atomic mass is 9.85. The molecule has 3 atom stereocenters. The van der Waals surface area contributed by atoms with E-state index < -0.39 is 0 Å². The van der Waals surface area contributed by atoms with E-state index in [0.717, 1.165) is 48.1 Å². The number of thiophene rings is 1. The highest BCUT2D eigenvalue weighted by Gasteiger charge is 2.43. The Hall–Kier alpha value is -0.880. The molecular formula is C17H21ClN2O2S. The molecule has 0 unspecified atom stereocenters. The second-order valence-corrected chi connectivity index (χ2v) is 8.41. The zero-order valence-electron chi connectivity index (χ0n) is 13.4. The van der Waals surface area contributed by atoms with E-state index in [2.05, 4.69) is 23.5 Å². The van der Waals surface area contributed by atoms with Gasteiger partial charge in [-0.25, -0.2) is 0 Å². The molecule has 4 heterocycles. The van der Waals surface area contributed by atoms with Crippen LogP contribution in [0.3, 0.4) is 0 Å². The predicted octanol–water partition coefficient (Wildman–Crippen LogP) is 4.37. The summed E-state index contributed by atoms with van der Waals surface area (Å²) in [4.78, 5) is 1.33. The fraction of sp³-hybridized carbons (Fsp3) is 0.588. The highest BCUT2D eigenvalue weighted by atomic mass is 35.5. The number of aryl methyl sites for hydroxylation is 1. The monoisotopic (exact) mass is 352 g/mol. The number of ether oxygens (including phenoxy) is 1. The van der Waals surface area contributed by atoms with Crippen LogP contribution in [0.1, 0.15) is 54.1 Å². The molecule has 1 N–H and O–H groups in total. The van der Waals surface area contributed by atoms with Crippen LogP contribution in [0.5, 0.6) is 0 Å². The van der Waals surface area contributed by atoms with Crippen LogP contribution in [-0.2, 0) is 16.8 Å². The van der Waals surface area contributed by atoms with Crippen LogP contribution in [0.2, 0.25) is 4.34 Å². The Balaban J connectivity index is 1.65. The molecule has 0 bridgehead atoms. The summed E-state index contributed by atoms with van der Waals surface area (Å²) in [6.45, 7) is 4.93. The highest BCUT2D eigenvalue weighted by molar-refractivity contribution is 7.16. The third-order valence-electron chi connectivity index (χ3n) is 4.90. The van der Waals surface area contributed by atoms with Crippen molar-refractivity contribution >= 4 is 22.9 Å².